The van der Waals surface area contributed by atoms with E-state index in [0.717, 1.165) is 56.7 Å². The van der Waals surface area contributed by atoms with E-state index in [1.54, 1.807) is 4.90 Å². The predicted molar refractivity (Wildman–Crippen MR) is 98.0 cm³/mol. The molecule has 1 N–H and O–H groups in total. The first-order valence-electron chi connectivity index (χ1n) is 9.17. The zero-order chi connectivity index (χ0) is 17.6. The van der Waals surface area contributed by atoms with Crippen molar-refractivity contribution in [1.82, 2.24) is 15.1 Å². The number of hydrogen-bond acceptors (Lipinski definition) is 5. The van der Waals surface area contributed by atoms with Crippen LogP contribution in [0.3, 0.4) is 0 Å². The first-order valence-corrected chi connectivity index (χ1v) is 10.1. The van der Waals surface area contributed by atoms with Crippen molar-refractivity contribution >= 4 is 23.3 Å². The topological polar surface area (TPSA) is 61.9 Å². The number of carbonyl (C=O) groups excluding carboxylic acids is 2. The van der Waals surface area contributed by atoms with Gasteiger partial charge in [0.1, 0.15) is 0 Å². The van der Waals surface area contributed by atoms with Crippen LogP contribution in [0.1, 0.15) is 42.3 Å². The summed E-state index contributed by atoms with van der Waals surface area (Å²) < 4.78 is 5.09. The molecule has 2 amide bonds. The van der Waals surface area contributed by atoms with Crippen LogP contribution in [0.4, 0.5) is 4.79 Å². The highest BCUT2D eigenvalue weighted by Crippen LogP contribution is 2.22. The first-order chi connectivity index (χ1) is 12.2. The fourth-order valence-electron chi connectivity index (χ4n) is 3.75. The largest absolute Gasteiger partial charge is 0.450 e. The number of nitrogens with zero attached hydrogens (tertiary/aromatic N) is 2. The van der Waals surface area contributed by atoms with Gasteiger partial charge in [-0.15, -0.1) is 11.3 Å². The summed E-state index contributed by atoms with van der Waals surface area (Å²) in [5, 5.41) is 5.11. The predicted octanol–water partition coefficient (Wildman–Crippen LogP) is 2.56. The van der Waals surface area contributed by atoms with Crippen LogP contribution in [0.5, 0.6) is 0 Å². The maximum Gasteiger partial charge on any atom is 0.409 e. The molecule has 0 radical (unpaired) electrons. The van der Waals surface area contributed by atoms with Crippen LogP contribution in [0, 0.1) is 0 Å². The molecule has 2 fully saturated rings. The molecule has 1 aromatic rings. The Balaban J connectivity index is 1.47. The SMILES string of the molecule is CCOC(=O)N1CCC(N2CCCC(NC(=O)c3cccs3)C2)CC1. The van der Waals surface area contributed by atoms with E-state index in [9.17, 15) is 9.59 Å². The Labute approximate surface area is 153 Å². The lowest BCUT2D eigenvalue weighted by atomic mass is 9.98. The van der Waals surface area contributed by atoms with Gasteiger partial charge in [-0.25, -0.2) is 4.79 Å². The van der Waals surface area contributed by atoms with Crippen LogP contribution in [-0.2, 0) is 4.74 Å². The van der Waals surface area contributed by atoms with E-state index in [-0.39, 0.29) is 18.0 Å². The average Bonchev–Trinajstić information content (AvgIpc) is 3.17. The van der Waals surface area contributed by atoms with Gasteiger partial charge in [-0.3, -0.25) is 9.69 Å². The molecule has 2 aliphatic rings. The third kappa shape index (κ3) is 4.73. The van der Waals surface area contributed by atoms with Crippen LogP contribution in [0.25, 0.3) is 0 Å². The minimum atomic E-state index is -0.194. The van der Waals surface area contributed by atoms with Gasteiger partial charge in [-0.1, -0.05) is 6.07 Å². The van der Waals surface area contributed by atoms with Crippen LogP contribution in [-0.4, -0.2) is 66.7 Å². The van der Waals surface area contributed by atoms with Gasteiger partial charge in [0, 0.05) is 31.7 Å². The Morgan fingerprint density at radius 3 is 2.76 bits per heavy atom. The monoisotopic (exact) mass is 365 g/mol. The van der Waals surface area contributed by atoms with Gasteiger partial charge < -0.3 is 15.0 Å². The number of amides is 2. The fraction of sp³-hybridized carbons (Fsp3) is 0.667. The van der Waals surface area contributed by atoms with Gasteiger partial charge >= 0.3 is 6.09 Å². The van der Waals surface area contributed by atoms with Crippen molar-refractivity contribution in [3.05, 3.63) is 22.4 Å². The minimum absolute atomic E-state index is 0.0407. The van der Waals surface area contributed by atoms with Crippen molar-refractivity contribution in [3.63, 3.8) is 0 Å². The molecule has 0 bridgehead atoms. The summed E-state index contributed by atoms with van der Waals surface area (Å²) in [7, 11) is 0. The van der Waals surface area contributed by atoms with Crippen LogP contribution < -0.4 is 5.32 Å². The van der Waals surface area contributed by atoms with Gasteiger partial charge in [-0.05, 0) is 50.6 Å². The number of thiophene rings is 1. The van der Waals surface area contributed by atoms with E-state index in [4.69, 9.17) is 4.74 Å². The van der Waals surface area contributed by atoms with Gasteiger partial charge in [-0.2, -0.15) is 0 Å². The lowest BCUT2D eigenvalue weighted by Gasteiger charge is -2.42. The Morgan fingerprint density at radius 1 is 1.28 bits per heavy atom. The first kappa shape index (κ1) is 18.2. The number of hydrogen-bond donors (Lipinski definition) is 1. The number of nitrogens with one attached hydrogen (secondary N) is 1. The second-order valence-electron chi connectivity index (χ2n) is 6.70. The summed E-state index contributed by atoms with van der Waals surface area (Å²) in [5.74, 6) is 0.0407. The summed E-state index contributed by atoms with van der Waals surface area (Å²) in [5.41, 5.74) is 0. The summed E-state index contributed by atoms with van der Waals surface area (Å²) >= 11 is 1.48. The molecule has 2 aliphatic heterocycles. The average molecular weight is 365 g/mol. The lowest BCUT2D eigenvalue weighted by molar-refractivity contribution is 0.0602. The molecule has 1 aromatic heterocycles. The standard InChI is InChI=1S/C18H27N3O3S/c1-2-24-18(23)20-10-7-15(8-11-20)21-9-3-5-14(13-21)19-17(22)16-6-4-12-25-16/h4,6,12,14-15H,2-3,5,7-11,13H2,1H3,(H,19,22). The molecule has 1 atom stereocenters. The number of ether oxygens (including phenoxy) is 1. The normalized spacial score (nSPS) is 22.6. The molecular weight excluding hydrogens is 338 g/mol. The number of piperidine rings is 2. The van der Waals surface area contributed by atoms with Gasteiger partial charge in [0.15, 0.2) is 0 Å². The van der Waals surface area contributed by atoms with Gasteiger partial charge in [0.05, 0.1) is 11.5 Å². The Kier molecular flexibility index (Phi) is 6.31. The molecular formula is C18H27N3O3S. The lowest BCUT2D eigenvalue weighted by Crippen LogP contribution is -2.54. The van der Waals surface area contributed by atoms with Crippen molar-refractivity contribution in [2.45, 2.75) is 44.7 Å². The molecule has 0 saturated carbocycles. The van der Waals surface area contributed by atoms with Gasteiger partial charge in [0.25, 0.3) is 5.91 Å². The third-order valence-corrected chi connectivity index (χ3v) is 5.91. The smallest absolute Gasteiger partial charge is 0.409 e. The molecule has 0 aromatic carbocycles. The zero-order valence-electron chi connectivity index (χ0n) is 14.8. The van der Waals surface area contributed by atoms with Crippen molar-refractivity contribution < 1.29 is 14.3 Å². The summed E-state index contributed by atoms with van der Waals surface area (Å²) in [6, 6.07) is 4.48. The van der Waals surface area contributed by atoms with Crippen LogP contribution in [0.2, 0.25) is 0 Å². The fourth-order valence-corrected chi connectivity index (χ4v) is 4.38. The maximum atomic E-state index is 12.3. The molecule has 3 rings (SSSR count). The third-order valence-electron chi connectivity index (χ3n) is 5.04. The van der Waals surface area contributed by atoms with Crippen molar-refractivity contribution in [3.8, 4) is 0 Å². The Hall–Kier alpha value is -1.60. The highest BCUT2D eigenvalue weighted by atomic mass is 32.1. The maximum absolute atomic E-state index is 12.3. The molecule has 6 nitrogen and oxygen atoms in total. The Bertz CT molecular complexity index is 570. The molecule has 7 heteroatoms. The van der Waals surface area contributed by atoms with E-state index in [1.807, 2.05) is 24.4 Å². The Morgan fingerprint density at radius 2 is 2.08 bits per heavy atom. The van der Waals surface area contributed by atoms with E-state index in [2.05, 4.69) is 10.2 Å². The minimum Gasteiger partial charge on any atom is -0.450 e. The zero-order valence-corrected chi connectivity index (χ0v) is 15.6. The number of rotatable bonds is 4. The molecule has 1 unspecified atom stereocenters. The van der Waals surface area contributed by atoms with Crippen molar-refractivity contribution in [1.29, 1.82) is 0 Å². The molecule has 25 heavy (non-hydrogen) atoms. The van der Waals surface area contributed by atoms with Crippen LogP contribution >= 0.6 is 11.3 Å². The van der Waals surface area contributed by atoms with E-state index in [0.29, 0.717) is 12.6 Å². The molecule has 2 saturated heterocycles. The van der Waals surface area contributed by atoms with E-state index < -0.39 is 0 Å². The second kappa shape index (κ2) is 8.67. The van der Waals surface area contributed by atoms with E-state index >= 15 is 0 Å². The highest BCUT2D eigenvalue weighted by molar-refractivity contribution is 7.12. The quantitative estimate of drug-likeness (QED) is 0.891. The van der Waals surface area contributed by atoms with E-state index in [1.165, 1.54) is 11.3 Å². The molecule has 3 heterocycles. The summed E-state index contributed by atoms with van der Waals surface area (Å²) in [6.45, 7) is 5.76. The van der Waals surface area contributed by atoms with Crippen molar-refractivity contribution in [2.75, 3.05) is 32.8 Å². The highest BCUT2D eigenvalue weighted by Gasteiger charge is 2.31. The van der Waals surface area contributed by atoms with Crippen molar-refractivity contribution in [2.24, 2.45) is 0 Å². The second-order valence-corrected chi connectivity index (χ2v) is 7.65. The molecule has 138 valence electrons. The molecule has 0 spiro atoms. The summed E-state index contributed by atoms with van der Waals surface area (Å²) in [6.07, 6.45) is 3.90. The van der Waals surface area contributed by atoms with Gasteiger partial charge in [0.2, 0.25) is 0 Å². The number of likely N-dealkylation sites (tertiary alicyclic amines) is 2. The molecule has 0 aliphatic carbocycles. The summed E-state index contributed by atoms with van der Waals surface area (Å²) in [4.78, 5) is 29.1. The van der Waals surface area contributed by atoms with Crippen LogP contribution in [0.15, 0.2) is 17.5 Å². The number of carbonyl (C=O) groups is 2.